The lowest BCUT2D eigenvalue weighted by Crippen LogP contribution is -1.98. The Bertz CT molecular complexity index is 2590. The van der Waals surface area contributed by atoms with Gasteiger partial charge in [0.05, 0.1) is 33.5 Å². The summed E-state index contributed by atoms with van der Waals surface area (Å²) in [4.78, 5) is 9.52. The van der Waals surface area contributed by atoms with Gasteiger partial charge in [0.15, 0.2) is 11.4 Å². The van der Waals surface area contributed by atoms with E-state index in [9.17, 15) is 10.5 Å². The number of fused-ring (bicyclic) bond motifs is 9. The molecule has 0 N–H and O–H groups in total. The normalized spacial score (nSPS) is 11.9. The van der Waals surface area contributed by atoms with E-state index in [4.69, 9.17) is 9.97 Å². The lowest BCUT2D eigenvalue weighted by molar-refractivity contribution is 1.14. The maximum absolute atomic E-state index is 9.89. The van der Waals surface area contributed by atoms with Crippen molar-refractivity contribution in [3.05, 3.63) is 133 Å². The minimum Gasteiger partial charge on any atom is -0.309 e. The molecule has 0 unspecified atom stereocenters. The van der Waals surface area contributed by atoms with E-state index in [1.807, 2.05) is 0 Å². The third-order valence-electron chi connectivity index (χ3n) is 9.31. The van der Waals surface area contributed by atoms with E-state index in [0.29, 0.717) is 11.4 Å². The molecule has 0 fully saturated rings. The number of para-hydroxylation sites is 4. The molecule has 0 spiro atoms. The second-order valence-corrected chi connectivity index (χ2v) is 11.7. The van der Waals surface area contributed by atoms with Crippen LogP contribution in [0.5, 0.6) is 0 Å². The van der Waals surface area contributed by atoms with Crippen molar-refractivity contribution in [2.45, 2.75) is 0 Å². The van der Waals surface area contributed by atoms with Gasteiger partial charge in [0.2, 0.25) is 0 Å². The molecule has 0 bridgehead atoms. The molecule has 6 nitrogen and oxygen atoms in total. The molecule has 46 heavy (non-hydrogen) atoms. The van der Waals surface area contributed by atoms with Crippen LogP contribution in [0.4, 0.5) is 0 Å². The number of hydrogen-bond donors (Lipinski definition) is 0. The minimum absolute atomic E-state index is 0.0343. The lowest BCUT2D eigenvalue weighted by atomic mass is 10.0. The van der Waals surface area contributed by atoms with E-state index < -0.39 is 0 Å². The third-order valence-corrected chi connectivity index (χ3v) is 9.31. The van der Waals surface area contributed by atoms with Gasteiger partial charge in [-0.2, -0.15) is 10.5 Å². The van der Waals surface area contributed by atoms with Crippen LogP contribution in [0.1, 0.15) is 11.4 Å². The summed E-state index contributed by atoms with van der Waals surface area (Å²) < 4.78 is 4.60. The van der Waals surface area contributed by atoms with Gasteiger partial charge in [-0.25, -0.2) is 9.97 Å². The number of aromatic nitrogens is 4. The van der Waals surface area contributed by atoms with E-state index in [1.54, 1.807) is 0 Å². The molecule has 210 valence electrons. The average Bonchev–Trinajstić information content (AvgIpc) is 3.74. The van der Waals surface area contributed by atoms with Gasteiger partial charge in [-0.05, 0) is 53.9 Å². The van der Waals surface area contributed by atoms with Crippen LogP contribution in [-0.2, 0) is 0 Å². The smallest absolute Gasteiger partial charge is 0.177 e. The number of rotatable bonds is 2. The SMILES string of the molecule is N#Cc1nc2c(nc1C#N)-c1cc(-n3c4ccccc4c4ccccc43)cc3cc(-n4c5ccccc5c5ccccc54)cc-2c13. The van der Waals surface area contributed by atoms with Crippen LogP contribution >= 0.6 is 0 Å². The van der Waals surface area contributed by atoms with Crippen LogP contribution < -0.4 is 0 Å². The zero-order chi connectivity index (χ0) is 30.5. The fourth-order valence-electron chi connectivity index (χ4n) is 7.48. The van der Waals surface area contributed by atoms with Crippen molar-refractivity contribution in [3.8, 4) is 46.0 Å². The molecule has 0 saturated carbocycles. The van der Waals surface area contributed by atoms with Crippen LogP contribution in [-0.4, -0.2) is 19.1 Å². The van der Waals surface area contributed by atoms with Gasteiger partial charge in [0.25, 0.3) is 0 Å². The fourth-order valence-corrected chi connectivity index (χ4v) is 7.48. The number of nitriles is 2. The first-order valence-corrected chi connectivity index (χ1v) is 15.1. The molecule has 3 heterocycles. The maximum Gasteiger partial charge on any atom is 0.177 e. The fraction of sp³-hybridized carbons (Fsp3) is 0. The number of nitrogens with zero attached hydrogens (tertiary/aromatic N) is 6. The molecule has 0 radical (unpaired) electrons. The Hall–Kier alpha value is -6.76. The Balaban J connectivity index is 1.36. The minimum atomic E-state index is 0.0343. The second-order valence-electron chi connectivity index (χ2n) is 11.7. The van der Waals surface area contributed by atoms with E-state index in [-0.39, 0.29) is 11.4 Å². The molecule has 6 aromatic carbocycles. The van der Waals surface area contributed by atoms with Gasteiger partial charge in [-0.15, -0.1) is 0 Å². The summed E-state index contributed by atoms with van der Waals surface area (Å²) in [6, 6.07) is 46.8. The highest BCUT2D eigenvalue weighted by Gasteiger charge is 2.29. The Morgan fingerprint density at radius 3 is 1.15 bits per heavy atom. The summed E-state index contributed by atoms with van der Waals surface area (Å²) in [5.74, 6) is 0. The molecule has 3 aromatic heterocycles. The van der Waals surface area contributed by atoms with E-state index in [2.05, 4.69) is 143 Å². The van der Waals surface area contributed by atoms with Crippen molar-refractivity contribution in [2.24, 2.45) is 0 Å². The van der Waals surface area contributed by atoms with Crippen molar-refractivity contribution >= 4 is 54.4 Å². The molecular formula is C40H20N6. The molecular weight excluding hydrogens is 564 g/mol. The highest BCUT2D eigenvalue weighted by molar-refractivity contribution is 6.17. The van der Waals surface area contributed by atoms with Crippen molar-refractivity contribution in [3.63, 3.8) is 0 Å². The van der Waals surface area contributed by atoms with E-state index in [1.165, 1.54) is 21.5 Å². The number of hydrogen-bond acceptors (Lipinski definition) is 4. The summed E-state index contributed by atoms with van der Waals surface area (Å²) in [7, 11) is 0. The first-order valence-electron chi connectivity index (χ1n) is 15.1. The summed E-state index contributed by atoms with van der Waals surface area (Å²) in [6.45, 7) is 0. The van der Waals surface area contributed by atoms with E-state index in [0.717, 1.165) is 55.3 Å². The molecule has 0 amide bonds. The Kier molecular flexibility index (Phi) is 4.76. The lowest BCUT2D eigenvalue weighted by Gasteiger charge is -2.14. The topological polar surface area (TPSA) is 83.2 Å². The van der Waals surface area contributed by atoms with Crippen LogP contribution in [0.2, 0.25) is 0 Å². The highest BCUT2D eigenvalue weighted by Crippen LogP contribution is 2.49. The Morgan fingerprint density at radius 1 is 0.457 bits per heavy atom. The summed E-state index contributed by atoms with van der Waals surface area (Å²) in [5, 5.41) is 26.6. The first kappa shape index (κ1) is 24.7. The quantitative estimate of drug-likeness (QED) is 0.203. The molecule has 0 saturated heterocycles. The monoisotopic (exact) mass is 584 g/mol. The molecule has 10 rings (SSSR count). The van der Waals surface area contributed by atoms with Gasteiger partial charge < -0.3 is 9.13 Å². The van der Waals surface area contributed by atoms with Gasteiger partial charge in [0.1, 0.15) is 12.1 Å². The standard InChI is InChI=1S/C40H20N6/c41-21-32-33(22-42)44-40-31-20-25(46-36-15-7-3-11-28(36)29-12-4-8-16-37(29)46)18-23-17-24(19-30(38(23)31)39(40)43-32)45-34-13-5-1-9-26(34)27-10-2-6-14-35(27)45/h1-20H. The molecule has 1 aliphatic rings. The predicted octanol–water partition coefficient (Wildman–Crippen LogP) is 9.21. The van der Waals surface area contributed by atoms with Crippen LogP contribution in [0.3, 0.4) is 0 Å². The first-order chi connectivity index (χ1) is 22.7. The third kappa shape index (κ3) is 3.12. The zero-order valence-corrected chi connectivity index (χ0v) is 24.2. The Labute approximate surface area is 262 Å². The van der Waals surface area contributed by atoms with Crippen molar-refractivity contribution in [2.75, 3.05) is 0 Å². The van der Waals surface area contributed by atoms with Crippen LogP contribution in [0.25, 0.3) is 88.3 Å². The van der Waals surface area contributed by atoms with Gasteiger partial charge in [-0.3, -0.25) is 0 Å². The maximum atomic E-state index is 9.89. The predicted molar refractivity (Wildman–Crippen MR) is 182 cm³/mol. The van der Waals surface area contributed by atoms with Gasteiger partial charge in [0, 0.05) is 49.4 Å². The van der Waals surface area contributed by atoms with Gasteiger partial charge >= 0.3 is 0 Å². The van der Waals surface area contributed by atoms with Crippen molar-refractivity contribution in [1.29, 1.82) is 10.5 Å². The molecule has 0 aliphatic heterocycles. The van der Waals surface area contributed by atoms with Crippen LogP contribution in [0, 0.1) is 22.7 Å². The van der Waals surface area contributed by atoms with Gasteiger partial charge in [-0.1, -0.05) is 72.8 Å². The van der Waals surface area contributed by atoms with Crippen molar-refractivity contribution < 1.29 is 0 Å². The Morgan fingerprint density at radius 2 is 0.804 bits per heavy atom. The molecule has 9 aromatic rings. The summed E-state index contributed by atoms with van der Waals surface area (Å²) in [6.07, 6.45) is 0. The number of benzene rings is 6. The summed E-state index contributed by atoms with van der Waals surface area (Å²) >= 11 is 0. The molecule has 0 atom stereocenters. The summed E-state index contributed by atoms with van der Waals surface area (Å²) in [5.41, 5.74) is 9.53. The largest absolute Gasteiger partial charge is 0.309 e. The second kappa shape index (κ2) is 8.89. The average molecular weight is 585 g/mol. The molecule has 1 aliphatic carbocycles. The highest BCUT2D eigenvalue weighted by atomic mass is 15.0. The van der Waals surface area contributed by atoms with Crippen molar-refractivity contribution in [1.82, 2.24) is 19.1 Å². The zero-order valence-electron chi connectivity index (χ0n) is 24.2. The molecule has 6 heteroatoms. The van der Waals surface area contributed by atoms with E-state index >= 15 is 0 Å². The van der Waals surface area contributed by atoms with Crippen LogP contribution in [0.15, 0.2) is 121 Å².